The molecule has 0 aliphatic rings. The molecule has 0 aromatic heterocycles. The van der Waals surface area contributed by atoms with Crippen LogP contribution in [0.4, 0.5) is 0 Å². The molecule has 0 bridgehead atoms. The fourth-order valence-electron chi connectivity index (χ4n) is 0.985. The normalized spacial score (nSPS) is 15.0. The first-order valence-electron chi connectivity index (χ1n) is 5.96. The van der Waals surface area contributed by atoms with Crippen LogP contribution in [0.15, 0.2) is 0 Å². The van der Waals surface area contributed by atoms with Gasteiger partial charge in [0, 0.05) is 10.5 Å². The van der Waals surface area contributed by atoms with Crippen molar-refractivity contribution in [1.29, 1.82) is 0 Å². The highest BCUT2D eigenvalue weighted by Gasteiger charge is 2.21. The SMILES string of the molecule is CNC(CSSC(C)(C)C)C(=O)NC(C)C(C)=O. The molecule has 18 heavy (non-hydrogen) atoms. The Bertz CT molecular complexity index is 290. The quantitative estimate of drug-likeness (QED) is 0.701. The summed E-state index contributed by atoms with van der Waals surface area (Å²) in [4.78, 5) is 23.0. The van der Waals surface area contributed by atoms with Crippen molar-refractivity contribution in [3.63, 3.8) is 0 Å². The molecule has 2 N–H and O–H groups in total. The van der Waals surface area contributed by atoms with Crippen molar-refractivity contribution in [2.45, 2.75) is 51.4 Å². The Morgan fingerprint density at radius 3 is 2.22 bits per heavy atom. The molecule has 0 fully saturated rings. The maximum absolute atomic E-state index is 11.9. The Morgan fingerprint density at radius 2 is 1.83 bits per heavy atom. The Labute approximate surface area is 118 Å². The summed E-state index contributed by atoms with van der Waals surface area (Å²) >= 11 is 0. The van der Waals surface area contributed by atoms with E-state index in [0.717, 1.165) is 0 Å². The van der Waals surface area contributed by atoms with Gasteiger partial charge in [0.25, 0.3) is 0 Å². The molecule has 106 valence electrons. The van der Waals surface area contributed by atoms with Crippen LogP contribution in [0.2, 0.25) is 0 Å². The van der Waals surface area contributed by atoms with Gasteiger partial charge in [-0.3, -0.25) is 9.59 Å². The largest absolute Gasteiger partial charge is 0.345 e. The lowest BCUT2D eigenvalue weighted by Crippen LogP contribution is -2.48. The summed E-state index contributed by atoms with van der Waals surface area (Å²) < 4.78 is 0.173. The Kier molecular flexibility index (Phi) is 7.98. The van der Waals surface area contributed by atoms with E-state index in [1.807, 2.05) is 0 Å². The van der Waals surface area contributed by atoms with Gasteiger partial charge in [0.05, 0.1) is 12.1 Å². The summed E-state index contributed by atoms with van der Waals surface area (Å²) in [7, 11) is 5.17. The zero-order chi connectivity index (χ0) is 14.3. The van der Waals surface area contributed by atoms with Crippen LogP contribution in [0.1, 0.15) is 34.6 Å². The maximum Gasteiger partial charge on any atom is 0.238 e. The number of ketones is 1. The van der Waals surface area contributed by atoms with E-state index >= 15 is 0 Å². The van der Waals surface area contributed by atoms with E-state index in [1.165, 1.54) is 6.92 Å². The molecule has 6 heteroatoms. The van der Waals surface area contributed by atoms with E-state index in [2.05, 4.69) is 31.4 Å². The van der Waals surface area contributed by atoms with Crippen molar-refractivity contribution in [2.24, 2.45) is 0 Å². The van der Waals surface area contributed by atoms with Crippen molar-refractivity contribution in [2.75, 3.05) is 12.8 Å². The van der Waals surface area contributed by atoms with Gasteiger partial charge in [-0.1, -0.05) is 42.4 Å². The van der Waals surface area contributed by atoms with Gasteiger partial charge in [0.2, 0.25) is 5.91 Å². The van der Waals surface area contributed by atoms with Crippen LogP contribution in [-0.4, -0.2) is 41.3 Å². The van der Waals surface area contributed by atoms with E-state index in [9.17, 15) is 9.59 Å². The fourth-order valence-corrected chi connectivity index (χ4v) is 3.53. The standard InChI is InChI=1S/C12H24N2O2S2/c1-8(9(2)15)14-11(16)10(13-6)7-17-18-12(3,4)5/h8,10,13H,7H2,1-6H3,(H,14,16). The van der Waals surface area contributed by atoms with Gasteiger partial charge in [-0.25, -0.2) is 0 Å². The maximum atomic E-state index is 11.9. The van der Waals surface area contributed by atoms with Gasteiger partial charge < -0.3 is 10.6 Å². The van der Waals surface area contributed by atoms with Crippen LogP contribution in [0, 0.1) is 0 Å². The lowest BCUT2D eigenvalue weighted by atomic mass is 10.2. The van der Waals surface area contributed by atoms with Crippen LogP contribution in [-0.2, 0) is 9.59 Å². The van der Waals surface area contributed by atoms with Crippen LogP contribution in [0.5, 0.6) is 0 Å². The average Bonchev–Trinajstić information content (AvgIpc) is 2.22. The van der Waals surface area contributed by atoms with E-state index in [4.69, 9.17) is 0 Å². The van der Waals surface area contributed by atoms with Crippen molar-refractivity contribution in [1.82, 2.24) is 10.6 Å². The predicted molar refractivity (Wildman–Crippen MR) is 80.9 cm³/mol. The highest BCUT2D eigenvalue weighted by atomic mass is 33.1. The van der Waals surface area contributed by atoms with Gasteiger partial charge in [-0.2, -0.15) is 0 Å². The molecule has 0 saturated heterocycles. The molecule has 2 unspecified atom stereocenters. The molecule has 0 aliphatic carbocycles. The zero-order valence-corrected chi connectivity index (χ0v) is 13.6. The molecule has 0 rings (SSSR count). The number of hydrogen-bond donors (Lipinski definition) is 2. The smallest absolute Gasteiger partial charge is 0.238 e. The minimum Gasteiger partial charge on any atom is -0.345 e. The van der Waals surface area contributed by atoms with E-state index < -0.39 is 6.04 Å². The number of likely N-dealkylation sites (N-methyl/N-ethyl adjacent to an activating group) is 1. The Morgan fingerprint density at radius 1 is 1.28 bits per heavy atom. The molecule has 0 spiro atoms. The first-order chi connectivity index (χ1) is 8.17. The predicted octanol–water partition coefficient (Wildman–Crippen LogP) is 1.85. The van der Waals surface area contributed by atoms with Crippen LogP contribution >= 0.6 is 21.6 Å². The third-order valence-electron chi connectivity index (χ3n) is 2.18. The van der Waals surface area contributed by atoms with Crippen molar-refractivity contribution in [3.05, 3.63) is 0 Å². The first-order valence-corrected chi connectivity index (χ1v) is 8.28. The fraction of sp³-hybridized carbons (Fsp3) is 0.833. The second-order valence-electron chi connectivity index (χ2n) is 5.16. The summed E-state index contributed by atoms with van der Waals surface area (Å²) in [5.41, 5.74) is 0. The van der Waals surface area contributed by atoms with Gasteiger partial charge in [0.15, 0.2) is 5.78 Å². The number of hydrogen-bond acceptors (Lipinski definition) is 5. The van der Waals surface area contributed by atoms with Gasteiger partial charge in [-0.15, -0.1) is 0 Å². The van der Waals surface area contributed by atoms with Crippen molar-refractivity contribution < 1.29 is 9.59 Å². The average molecular weight is 292 g/mol. The molecule has 0 saturated carbocycles. The zero-order valence-electron chi connectivity index (χ0n) is 12.0. The summed E-state index contributed by atoms with van der Waals surface area (Å²) in [5, 5.41) is 5.68. The van der Waals surface area contributed by atoms with Gasteiger partial charge in [-0.05, 0) is 20.9 Å². The lowest BCUT2D eigenvalue weighted by molar-refractivity contribution is -0.127. The van der Waals surface area contributed by atoms with Crippen LogP contribution in [0.3, 0.4) is 0 Å². The monoisotopic (exact) mass is 292 g/mol. The molecule has 0 aromatic carbocycles. The summed E-state index contributed by atoms with van der Waals surface area (Å²) in [5.74, 6) is 0.520. The topological polar surface area (TPSA) is 58.2 Å². The summed E-state index contributed by atoms with van der Waals surface area (Å²) in [6.45, 7) is 9.58. The molecule has 0 heterocycles. The van der Waals surface area contributed by atoms with E-state index in [-0.39, 0.29) is 22.5 Å². The molecule has 0 aliphatic heterocycles. The number of nitrogens with one attached hydrogen (secondary N) is 2. The second kappa shape index (κ2) is 8.07. The van der Waals surface area contributed by atoms with Crippen LogP contribution in [0.25, 0.3) is 0 Å². The highest BCUT2D eigenvalue weighted by Crippen LogP contribution is 2.35. The second-order valence-corrected chi connectivity index (χ2v) is 8.33. The van der Waals surface area contributed by atoms with Gasteiger partial charge in [0.1, 0.15) is 0 Å². The molecule has 1 amide bonds. The van der Waals surface area contributed by atoms with Crippen LogP contribution < -0.4 is 10.6 Å². The van der Waals surface area contributed by atoms with Crippen molar-refractivity contribution in [3.8, 4) is 0 Å². The molecule has 4 nitrogen and oxygen atoms in total. The molecule has 2 atom stereocenters. The number of amides is 1. The third-order valence-corrected chi connectivity index (χ3v) is 5.53. The Hall–Kier alpha value is -0.200. The molecule has 0 aromatic rings. The minimum atomic E-state index is -0.423. The lowest BCUT2D eigenvalue weighted by Gasteiger charge is -2.21. The molecule has 0 radical (unpaired) electrons. The van der Waals surface area contributed by atoms with E-state index in [1.54, 1.807) is 35.6 Å². The van der Waals surface area contributed by atoms with E-state index in [0.29, 0.717) is 5.75 Å². The Balaban J connectivity index is 4.16. The molecular weight excluding hydrogens is 268 g/mol. The summed E-state index contributed by atoms with van der Waals surface area (Å²) in [6.07, 6.45) is 0. The number of carbonyl (C=O) groups excluding carboxylic acids is 2. The number of carbonyl (C=O) groups is 2. The first kappa shape index (κ1) is 17.8. The molecular formula is C12H24N2O2S2. The van der Waals surface area contributed by atoms with Gasteiger partial charge >= 0.3 is 0 Å². The number of rotatable bonds is 7. The summed E-state index contributed by atoms with van der Waals surface area (Å²) in [6, 6.07) is -0.694. The highest BCUT2D eigenvalue weighted by molar-refractivity contribution is 8.77. The third kappa shape index (κ3) is 8.00. The minimum absolute atomic E-state index is 0.0325. The van der Waals surface area contributed by atoms with Crippen molar-refractivity contribution >= 4 is 33.3 Å². The number of Topliss-reactive ketones (excluding diaryl/α,β-unsaturated/α-hetero) is 1.